The first-order valence-electron chi connectivity index (χ1n) is 15.4. The number of esters is 2. The number of hydrogen-bond acceptors (Lipinski definition) is 7. The van der Waals surface area contributed by atoms with Gasteiger partial charge in [-0.1, -0.05) is 112 Å². The molecule has 0 fully saturated rings. The number of amides is 2. The second-order valence-electron chi connectivity index (χ2n) is 10.6. The van der Waals surface area contributed by atoms with E-state index in [0.717, 1.165) is 30.4 Å². The maximum atomic E-state index is 13.3. The molecule has 0 spiro atoms. The molecule has 0 aromatic heterocycles. The highest BCUT2D eigenvalue weighted by Crippen LogP contribution is 2.10. The number of hydrogen-bond donors (Lipinski definition) is 2. The van der Waals surface area contributed by atoms with E-state index in [-0.39, 0.29) is 51.6 Å². The van der Waals surface area contributed by atoms with E-state index in [2.05, 4.69) is 23.5 Å². The van der Waals surface area contributed by atoms with Gasteiger partial charge in [0.25, 0.3) is 0 Å². The van der Waals surface area contributed by atoms with Crippen LogP contribution < -0.4 is 10.6 Å². The van der Waals surface area contributed by atoms with E-state index in [9.17, 15) is 19.2 Å². The summed E-state index contributed by atoms with van der Waals surface area (Å²) in [6.45, 7) is 2.03. The molecule has 0 saturated heterocycles. The minimum Gasteiger partial charge on any atom is -0.461 e. The number of carbonyl (C=O) groups excluding carboxylic acids is 4. The van der Waals surface area contributed by atoms with Gasteiger partial charge in [-0.25, -0.2) is 4.79 Å². The fourth-order valence-corrected chi connectivity index (χ4v) is 4.35. The first-order chi connectivity index (χ1) is 21.4. The standard InChI is InChI=1S/C35H46N2O7/c1-3-5-6-7-8-9-16-21-32(38)36-31(27-42-24-4-2)34(40)37-30(35(41)44-26-29-19-14-11-15-20-29)22-23-33(39)43-25-28-17-12-10-13-18-28/h2,10-15,17-20,30-31H,3,5-9,16,21-27H2,1H3,(H,36,38)(H,37,40)/t30-,31+/m1/s1. The Bertz CT molecular complexity index is 1160. The van der Waals surface area contributed by atoms with Crippen molar-refractivity contribution in [2.45, 2.75) is 96.4 Å². The lowest BCUT2D eigenvalue weighted by molar-refractivity contribution is -0.151. The lowest BCUT2D eigenvalue weighted by Crippen LogP contribution is -2.53. The number of carbonyl (C=O) groups is 4. The molecule has 0 heterocycles. The first-order valence-corrected chi connectivity index (χ1v) is 15.4. The smallest absolute Gasteiger partial charge is 0.328 e. The molecule has 0 radical (unpaired) electrons. The van der Waals surface area contributed by atoms with E-state index >= 15 is 0 Å². The molecule has 9 nitrogen and oxygen atoms in total. The van der Waals surface area contributed by atoms with Crippen LogP contribution in [0.15, 0.2) is 60.7 Å². The third-order valence-electron chi connectivity index (χ3n) is 6.83. The lowest BCUT2D eigenvalue weighted by Gasteiger charge is -2.22. The number of benzene rings is 2. The summed E-state index contributed by atoms with van der Waals surface area (Å²) < 4.78 is 16.2. The molecule has 9 heteroatoms. The Labute approximate surface area is 261 Å². The second kappa shape index (κ2) is 22.4. The van der Waals surface area contributed by atoms with Gasteiger partial charge in [0.2, 0.25) is 11.8 Å². The van der Waals surface area contributed by atoms with Gasteiger partial charge in [0.15, 0.2) is 0 Å². The molecule has 2 amide bonds. The van der Waals surface area contributed by atoms with Crippen molar-refractivity contribution in [2.24, 2.45) is 0 Å². The highest BCUT2D eigenvalue weighted by Gasteiger charge is 2.28. The molecule has 2 rings (SSSR count). The molecule has 0 aliphatic rings. The Morgan fingerprint density at radius 3 is 1.95 bits per heavy atom. The quantitative estimate of drug-likeness (QED) is 0.110. The van der Waals surface area contributed by atoms with Gasteiger partial charge >= 0.3 is 11.9 Å². The van der Waals surface area contributed by atoms with Crippen LogP contribution in [0.4, 0.5) is 0 Å². The van der Waals surface area contributed by atoms with Gasteiger partial charge in [0, 0.05) is 12.8 Å². The topological polar surface area (TPSA) is 120 Å². The van der Waals surface area contributed by atoms with Gasteiger partial charge in [-0.2, -0.15) is 0 Å². The van der Waals surface area contributed by atoms with Crippen LogP contribution in [-0.4, -0.2) is 49.1 Å². The predicted molar refractivity (Wildman–Crippen MR) is 168 cm³/mol. The average molecular weight is 607 g/mol. The van der Waals surface area contributed by atoms with Crippen LogP contribution in [0.25, 0.3) is 0 Å². The largest absolute Gasteiger partial charge is 0.461 e. The van der Waals surface area contributed by atoms with Crippen molar-refractivity contribution in [3.63, 3.8) is 0 Å². The van der Waals surface area contributed by atoms with E-state index in [1.54, 1.807) is 12.1 Å². The van der Waals surface area contributed by atoms with E-state index < -0.39 is 29.9 Å². The van der Waals surface area contributed by atoms with E-state index in [0.29, 0.717) is 6.42 Å². The average Bonchev–Trinajstić information content (AvgIpc) is 3.04. The molecule has 0 aliphatic heterocycles. The monoisotopic (exact) mass is 606 g/mol. The number of rotatable bonds is 22. The van der Waals surface area contributed by atoms with Crippen molar-refractivity contribution in [1.82, 2.24) is 10.6 Å². The van der Waals surface area contributed by atoms with Crippen molar-refractivity contribution < 1.29 is 33.4 Å². The number of nitrogens with one attached hydrogen (secondary N) is 2. The molecular formula is C35H46N2O7. The predicted octanol–water partition coefficient (Wildman–Crippen LogP) is 5.01. The number of terminal acetylenes is 1. The third kappa shape index (κ3) is 15.9. The second-order valence-corrected chi connectivity index (χ2v) is 10.6. The zero-order valence-corrected chi connectivity index (χ0v) is 25.8. The Balaban J connectivity index is 1.99. The molecule has 2 aromatic rings. The number of unbranched alkanes of at least 4 members (excludes halogenated alkanes) is 6. The maximum Gasteiger partial charge on any atom is 0.328 e. The minimum atomic E-state index is -1.16. The van der Waals surface area contributed by atoms with Gasteiger partial charge in [0.1, 0.15) is 31.9 Å². The highest BCUT2D eigenvalue weighted by molar-refractivity contribution is 5.91. The Kier molecular flexibility index (Phi) is 18.3. The Morgan fingerprint density at radius 1 is 0.750 bits per heavy atom. The molecule has 2 aromatic carbocycles. The van der Waals surface area contributed by atoms with E-state index in [1.807, 2.05) is 48.5 Å². The van der Waals surface area contributed by atoms with Gasteiger partial charge in [-0.3, -0.25) is 14.4 Å². The fourth-order valence-electron chi connectivity index (χ4n) is 4.35. The van der Waals surface area contributed by atoms with Gasteiger partial charge in [0.05, 0.1) is 6.61 Å². The van der Waals surface area contributed by atoms with Crippen molar-refractivity contribution in [3.05, 3.63) is 71.8 Å². The van der Waals surface area contributed by atoms with Crippen LogP contribution >= 0.6 is 0 Å². The van der Waals surface area contributed by atoms with Gasteiger partial charge in [-0.05, 0) is 24.0 Å². The maximum absolute atomic E-state index is 13.3. The first kappa shape index (κ1) is 36.0. The van der Waals surface area contributed by atoms with E-state index in [1.165, 1.54) is 19.3 Å². The normalized spacial score (nSPS) is 11.9. The molecule has 0 aliphatic carbocycles. The molecule has 2 N–H and O–H groups in total. The van der Waals surface area contributed by atoms with Gasteiger partial charge < -0.3 is 24.8 Å². The van der Waals surface area contributed by atoms with Crippen LogP contribution in [0.2, 0.25) is 0 Å². The summed E-state index contributed by atoms with van der Waals surface area (Å²) in [5, 5.41) is 5.35. The van der Waals surface area contributed by atoms with Crippen LogP contribution in [0.5, 0.6) is 0 Å². The molecule has 238 valence electrons. The molecule has 0 bridgehead atoms. The molecular weight excluding hydrogens is 560 g/mol. The summed E-state index contributed by atoms with van der Waals surface area (Å²) in [6.07, 6.45) is 12.8. The van der Waals surface area contributed by atoms with Crippen LogP contribution in [-0.2, 0) is 46.6 Å². The Hall–Kier alpha value is -4.16. The summed E-state index contributed by atoms with van der Waals surface area (Å²) in [4.78, 5) is 51.5. The molecule has 44 heavy (non-hydrogen) atoms. The third-order valence-corrected chi connectivity index (χ3v) is 6.83. The molecule has 0 saturated carbocycles. The van der Waals surface area contributed by atoms with Crippen molar-refractivity contribution >= 4 is 23.8 Å². The van der Waals surface area contributed by atoms with Crippen LogP contribution in [0.1, 0.15) is 82.3 Å². The molecule has 0 unspecified atom stereocenters. The van der Waals surface area contributed by atoms with Crippen molar-refractivity contribution in [2.75, 3.05) is 13.2 Å². The summed E-state index contributed by atoms with van der Waals surface area (Å²) in [6, 6.07) is 16.1. The SMILES string of the molecule is C#CCOC[C@H](NC(=O)CCCCCCCCC)C(=O)N[C@H](CCC(=O)OCc1ccccc1)C(=O)OCc1ccccc1. The Morgan fingerprint density at radius 2 is 1.34 bits per heavy atom. The minimum absolute atomic E-state index is 0.00557. The lowest BCUT2D eigenvalue weighted by atomic mass is 10.1. The van der Waals surface area contributed by atoms with E-state index in [4.69, 9.17) is 20.6 Å². The van der Waals surface area contributed by atoms with Crippen LogP contribution in [0, 0.1) is 12.3 Å². The zero-order valence-electron chi connectivity index (χ0n) is 25.8. The zero-order chi connectivity index (χ0) is 31.8. The van der Waals surface area contributed by atoms with Crippen molar-refractivity contribution in [3.8, 4) is 12.3 Å². The number of ether oxygens (including phenoxy) is 3. The summed E-state index contributed by atoms with van der Waals surface area (Å²) in [5.41, 5.74) is 1.60. The van der Waals surface area contributed by atoms with Gasteiger partial charge in [-0.15, -0.1) is 6.42 Å². The summed E-state index contributed by atoms with van der Waals surface area (Å²) in [7, 11) is 0. The highest BCUT2D eigenvalue weighted by atomic mass is 16.5. The summed E-state index contributed by atoms with van der Waals surface area (Å²) in [5.74, 6) is 0.155. The molecule has 2 atom stereocenters. The summed E-state index contributed by atoms with van der Waals surface area (Å²) >= 11 is 0. The van der Waals surface area contributed by atoms with Crippen LogP contribution in [0.3, 0.4) is 0 Å². The fraction of sp³-hybridized carbons (Fsp3) is 0.486. The van der Waals surface area contributed by atoms with Crippen molar-refractivity contribution in [1.29, 1.82) is 0 Å².